The van der Waals surface area contributed by atoms with Crippen molar-refractivity contribution in [3.8, 4) is 11.5 Å². The average Bonchev–Trinajstić information content (AvgIpc) is 3.36. The van der Waals surface area contributed by atoms with Crippen molar-refractivity contribution in [1.82, 2.24) is 4.90 Å². The molecule has 7 heteroatoms. The van der Waals surface area contributed by atoms with Crippen molar-refractivity contribution in [3.05, 3.63) is 70.4 Å². The molecule has 0 spiro atoms. The van der Waals surface area contributed by atoms with Gasteiger partial charge in [0.05, 0.1) is 19.3 Å². The molecular weight excluding hydrogens is 444 g/mol. The van der Waals surface area contributed by atoms with Crippen LogP contribution < -0.4 is 15.0 Å². The van der Waals surface area contributed by atoms with Gasteiger partial charge in [-0.3, -0.25) is 0 Å². The summed E-state index contributed by atoms with van der Waals surface area (Å²) in [6, 6.07) is 18.1. The van der Waals surface area contributed by atoms with Crippen LogP contribution in [0.3, 0.4) is 0 Å². The number of aliphatic imine (C=N–C) groups is 1. The molecule has 34 heavy (non-hydrogen) atoms. The Bertz CT molecular complexity index is 1110. The maximum Gasteiger partial charge on any atom is 0.199 e. The standard InChI is InChI=1S/C27H34N4O2S/c1-27(2,3)20-10-11-25(32)24(17-20)29-26(28-19-23-9-6-16-34-23)31-14-12-30(13-15-31)21-7-5-8-22(18-21)33-4/h5-11,16-18,32H,12-15,19H2,1-4H3,(H,28,29). The number of aromatic hydroxyl groups is 1. The second-order valence-corrected chi connectivity index (χ2v) is 10.5. The summed E-state index contributed by atoms with van der Waals surface area (Å²) in [5.41, 5.74) is 3.00. The van der Waals surface area contributed by atoms with Crippen LogP contribution in [0.5, 0.6) is 11.5 Å². The van der Waals surface area contributed by atoms with Gasteiger partial charge in [-0.15, -0.1) is 11.3 Å². The largest absolute Gasteiger partial charge is 0.506 e. The van der Waals surface area contributed by atoms with Crippen molar-refractivity contribution in [2.45, 2.75) is 32.7 Å². The van der Waals surface area contributed by atoms with Crippen LogP contribution in [0.15, 0.2) is 65.0 Å². The van der Waals surface area contributed by atoms with Gasteiger partial charge in [0.1, 0.15) is 11.5 Å². The van der Waals surface area contributed by atoms with E-state index in [0.29, 0.717) is 12.2 Å². The van der Waals surface area contributed by atoms with E-state index in [1.54, 1.807) is 24.5 Å². The zero-order valence-corrected chi connectivity index (χ0v) is 21.2. The smallest absolute Gasteiger partial charge is 0.199 e. The Balaban J connectivity index is 1.53. The van der Waals surface area contributed by atoms with Gasteiger partial charge in [-0.1, -0.05) is 39.0 Å². The molecule has 1 saturated heterocycles. The van der Waals surface area contributed by atoms with Crippen molar-refractivity contribution >= 4 is 28.7 Å². The summed E-state index contributed by atoms with van der Waals surface area (Å²) in [7, 11) is 1.70. The van der Waals surface area contributed by atoms with E-state index in [0.717, 1.165) is 43.5 Å². The number of nitrogens with zero attached hydrogens (tertiary/aromatic N) is 3. The van der Waals surface area contributed by atoms with Crippen molar-refractivity contribution < 1.29 is 9.84 Å². The summed E-state index contributed by atoms with van der Waals surface area (Å²) >= 11 is 1.71. The molecule has 2 aromatic carbocycles. The molecule has 2 N–H and O–H groups in total. The van der Waals surface area contributed by atoms with Crippen LogP contribution in [0.25, 0.3) is 0 Å². The minimum Gasteiger partial charge on any atom is -0.506 e. The van der Waals surface area contributed by atoms with Gasteiger partial charge in [-0.25, -0.2) is 4.99 Å². The monoisotopic (exact) mass is 478 g/mol. The molecule has 6 nitrogen and oxygen atoms in total. The van der Waals surface area contributed by atoms with E-state index < -0.39 is 0 Å². The van der Waals surface area contributed by atoms with E-state index in [4.69, 9.17) is 9.73 Å². The number of hydrogen-bond donors (Lipinski definition) is 2. The Labute approximate surface area is 206 Å². The first-order chi connectivity index (χ1) is 16.3. The summed E-state index contributed by atoms with van der Waals surface area (Å²) < 4.78 is 5.39. The van der Waals surface area contributed by atoms with Gasteiger partial charge in [0.25, 0.3) is 0 Å². The van der Waals surface area contributed by atoms with Crippen LogP contribution in [-0.2, 0) is 12.0 Å². The number of nitrogens with one attached hydrogen (secondary N) is 1. The third-order valence-electron chi connectivity index (χ3n) is 6.07. The van der Waals surface area contributed by atoms with Crippen molar-refractivity contribution in [3.63, 3.8) is 0 Å². The summed E-state index contributed by atoms with van der Waals surface area (Å²) in [6.07, 6.45) is 0. The number of phenols is 1. The van der Waals surface area contributed by atoms with E-state index >= 15 is 0 Å². The van der Waals surface area contributed by atoms with E-state index in [2.05, 4.69) is 59.5 Å². The molecule has 3 aromatic rings. The molecule has 0 saturated carbocycles. The maximum atomic E-state index is 10.6. The molecule has 0 amide bonds. The Morgan fingerprint density at radius 1 is 1.06 bits per heavy atom. The van der Waals surface area contributed by atoms with Gasteiger partial charge in [0, 0.05) is 42.8 Å². The number of guanidine groups is 1. The number of rotatable bonds is 5. The molecule has 0 bridgehead atoms. The van der Waals surface area contributed by atoms with Crippen LogP contribution in [0.4, 0.5) is 11.4 Å². The Kier molecular flexibility index (Phi) is 7.32. The summed E-state index contributed by atoms with van der Waals surface area (Å²) in [6.45, 7) is 10.5. The first-order valence-corrected chi connectivity index (χ1v) is 12.5. The fourth-order valence-corrected chi connectivity index (χ4v) is 4.61. The van der Waals surface area contributed by atoms with Gasteiger partial charge < -0.3 is 25.0 Å². The van der Waals surface area contributed by atoms with E-state index in [1.165, 1.54) is 10.6 Å². The molecule has 180 valence electrons. The van der Waals surface area contributed by atoms with Crippen molar-refractivity contribution in [2.24, 2.45) is 4.99 Å². The van der Waals surface area contributed by atoms with Gasteiger partial charge in [-0.2, -0.15) is 0 Å². The highest BCUT2D eigenvalue weighted by Gasteiger charge is 2.22. The molecule has 2 heterocycles. The number of hydrogen-bond acceptors (Lipinski definition) is 5. The van der Waals surface area contributed by atoms with Crippen LogP contribution in [-0.4, -0.2) is 49.3 Å². The number of anilines is 2. The topological polar surface area (TPSA) is 60.3 Å². The normalized spacial score (nSPS) is 14.9. The lowest BCUT2D eigenvalue weighted by molar-refractivity contribution is 0.382. The second-order valence-electron chi connectivity index (χ2n) is 9.50. The molecule has 4 rings (SSSR count). The molecule has 1 aliphatic heterocycles. The predicted octanol–water partition coefficient (Wildman–Crippen LogP) is 5.55. The third kappa shape index (κ3) is 5.83. The third-order valence-corrected chi connectivity index (χ3v) is 6.93. The molecule has 0 unspecified atom stereocenters. The minimum absolute atomic E-state index is 0.0131. The first kappa shape index (κ1) is 24.0. The van der Waals surface area contributed by atoms with Crippen LogP contribution in [0.1, 0.15) is 31.2 Å². The Morgan fingerprint density at radius 3 is 2.53 bits per heavy atom. The summed E-state index contributed by atoms with van der Waals surface area (Å²) in [5, 5.41) is 16.1. The SMILES string of the molecule is COc1cccc(N2CCN(C(=NCc3cccs3)Nc3cc(C(C)(C)C)ccc3O)CC2)c1. The molecule has 0 radical (unpaired) electrons. The second kappa shape index (κ2) is 10.4. The summed E-state index contributed by atoms with van der Waals surface area (Å²) in [4.78, 5) is 10.8. The number of methoxy groups -OCH3 is 1. The number of phenolic OH excluding ortho intramolecular Hbond substituents is 1. The highest BCUT2D eigenvalue weighted by Crippen LogP contribution is 2.31. The molecule has 1 fully saturated rings. The highest BCUT2D eigenvalue weighted by molar-refractivity contribution is 7.09. The van der Waals surface area contributed by atoms with Gasteiger partial charge >= 0.3 is 0 Å². The van der Waals surface area contributed by atoms with Crippen LogP contribution >= 0.6 is 11.3 Å². The fourth-order valence-electron chi connectivity index (χ4n) is 3.98. The highest BCUT2D eigenvalue weighted by atomic mass is 32.1. The molecule has 0 aliphatic carbocycles. The lowest BCUT2D eigenvalue weighted by atomic mass is 9.87. The van der Waals surface area contributed by atoms with Gasteiger partial charge in [0.2, 0.25) is 0 Å². The number of piperazine rings is 1. The first-order valence-electron chi connectivity index (χ1n) is 11.6. The molecular formula is C27H34N4O2S. The summed E-state index contributed by atoms with van der Waals surface area (Å²) in [5.74, 6) is 1.89. The van der Waals surface area contributed by atoms with Gasteiger partial charge in [0.15, 0.2) is 5.96 Å². The van der Waals surface area contributed by atoms with Crippen LogP contribution in [0, 0.1) is 0 Å². The van der Waals surface area contributed by atoms with Crippen LogP contribution in [0.2, 0.25) is 0 Å². The quantitative estimate of drug-likeness (QED) is 0.286. The van der Waals surface area contributed by atoms with E-state index in [9.17, 15) is 5.11 Å². The lowest BCUT2D eigenvalue weighted by Crippen LogP contribution is -2.50. The Hall–Kier alpha value is -3.19. The molecule has 0 atom stereocenters. The number of benzene rings is 2. The predicted molar refractivity (Wildman–Crippen MR) is 143 cm³/mol. The molecule has 1 aromatic heterocycles. The fraction of sp³-hybridized carbons (Fsp3) is 0.370. The van der Waals surface area contributed by atoms with E-state index in [1.807, 2.05) is 30.3 Å². The average molecular weight is 479 g/mol. The zero-order chi connectivity index (χ0) is 24.1. The number of thiophene rings is 1. The number of ether oxygens (including phenoxy) is 1. The maximum absolute atomic E-state index is 10.6. The molecule has 1 aliphatic rings. The zero-order valence-electron chi connectivity index (χ0n) is 20.4. The lowest BCUT2D eigenvalue weighted by Gasteiger charge is -2.38. The Morgan fingerprint density at radius 2 is 1.85 bits per heavy atom. The minimum atomic E-state index is -0.0131. The van der Waals surface area contributed by atoms with Crippen molar-refractivity contribution in [2.75, 3.05) is 43.5 Å². The van der Waals surface area contributed by atoms with E-state index in [-0.39, 0.29) is 11.2 Å². The van der Waals surface area contributed by atoms with Gasteiger partial charge in [-0.05, 0) is 46.7 Å². The van der Waals surface area contributed by atoms with Crippen molar-refractivity contribution in [1.29, 1.82) is 0 Å².